The Labute approximate surface area is 146 Å². The van der Waals surface area contributed by atoms with Gasteiger partial charge in [0.2, 0.25) is 5.91 Å². The number of nitrogens with one attached hydrogen (secondary N) is 1. The lowest BCUT2D eigenvalue weighted by molar-refractivity contribution is -0.115. The van der Waals surface area contributed by atoms with Crippen LogP contribution in [0.15, 0.2) is 48.5 Å². The number of hydrogen-bond donors (Lipinski definition) is 1. The highest BCUT2D eigenvalue weighted by Gasteiger charge is 2.16. The Kier molecular flexibility index (Phi) is 6.44. The first-order chi connectivity index (χ1) is 11.5. The maximum atomic E-state index is 12.4. The van der Waals surface area contributed by atoms with Crippen molar-refractivity contribution in [1.29, 1.82) is 0 Å². The zero-order valence-corrected chi connectivity index (χ0v) is 14.9. The van der Waals surface area contributed by atoms with Gasteiger partial charge in [0.05, 0.1) is 17.9 Å². The molecule has 0 saturated carbocycles. The quantitative estimate of drug-likeness (QED) is 0.804. The third-order valence-corrected chi connectivity index (χ3v) is 4.84. The van der Waals surface area contributed by atoms with Crippen LogP contribution in [-0.2, 0) is 15.3 Å². The van der Waals surface area contributed by atoms with Gasteiger partial charge in [0.15, 0.2) is 0 Å². The second-order valence-electron chi connectivity index (χ2n) is 5.45. The van der Waals surface area contributed by atoms with E-state index in [0.29, 0.717) is 11.3 Å². The van der Waals surface area contributed by atoms with Gasteiger partial charge in [0, 0.05) is 11.4 Å². The van der Waals surface area contributed by atoms with E-state index in [4.69, 9.17) is 4.74 Å². The normalized spacial score (nSPS) is 11.6. The lowest BCUT2D eigenvalue weighted by Gasteiger charge is -2.14. The van der Waals surface area contributed by atoms with Crippen LogP contribution < -0.4 is 5.32 Å². The second kappa shape index (κ2) is 8.55. The molecule has 2 rings (SSSR count). The molecule has 5 heteroatoms. The van der Waals surface area contributed by atoms with Gasteiger partial charge in [-0.05, 0) is 37.1 Å². The van der Waals surface area contributed by atoms with E-state index in [1.54, 1.807) is 30.0 Å². The van der Waals surface area contributed by atoms with E-state index >= 15 is 0 Å². The summed E-state index contributed by atoms with van der Waals surface area (Å²) >= 11 is 1.57. The van der Waals surface area contributed by atoms with E-state index in [1.807, 2.05) is 44.2 Å². The van der Waals surface area contributed by atoms with Gasteiger partial charge in [0.25, 0.3) is 0 Å². The van der Waals surface area contributed by atoms with Crippen LogP contribution in [-0.4, -0.2) is 24.2 Å². The topological polar surface area (TPSA) is 55.4 Å². The van der Waals surface area contributed by atoms with Gasteiger partial charge in [-0.15, -0.1) is 11.8 Å². The van der Waals surface area contributed by atoms with Crippen molar-refractivity contribution in [2.24, 2.45) is 0 Å². The predicted molar refractivity (Wildman–Crippen MR) is 98.3 cm³/mol. The van der Waals surface area contributed by atoms with Gasteiger partial charge in [-0.2, -0.15) is 0 Å². The molecular formula is C19H21NO3S. The van der Waals surface area contributed by atoms with Crippen LogP contribution in [0.4, 0.5) is 5.69 Å². The standard InChI is InChI=1S/C19H21NO3S/c1-13-9-10-16(19(22)23-3)11-17(13)20-18(21)14(2)24-12-15-7-5-4-6-8-15/h4-11,14H,12H2,1-3H3,(H,20,21)/t14-/m1/s1. The highest BCUT2D eigenvalue weighted by Crippen LogP contribution is 2.22. The summed E-state index contributed by atoms with van der Waals surface area (Å²) in [7, 11) is 1.34. The number of rotatable bonds is 6. The van der Waals surface area contributed by atoms with Gasteiger partial charge in [-0.3, -0.25) is 4.79 Å². The average molecular weight is 343 g/mol. The lowest BCUT2D eigenvalue weighted by Crippen LogP contribution is -2.23. The molecular weight excluding hydrogens is 322 g/mol. The summed E-state index contributed by atoms with van der Waals surface area (Å²) in [6.45, 7) is 3.76. The molecule has 0 saturated heterocycles. The molecule has 0 bridgehead atoms. The molecule has 0 aromatic heterocycles. The molecule has 0 radical (unpaired) electrons. The molecule has 24 heavy (non-hydrogen) atoms. The zero-order valence-electron chi connectivity index (χ0n) is 14.0. The van der Waals surface area contributed by atoms with Crippen molar-refractivity contribution in [3.63, 3.8) is 0 Å². The molecule has 1 amide bonds. The molecule has 0 fully saturated rings. The number of amides is 1. The second-order valence-corrected chi connectivity index (χ2v) is 6.78. The van der Waals surface area contributed by atoms with Gasteiger partial charge >= 0.3 is 5.97 Å². The number of benzene rings is 2. The van der Waals surface area contributed by atoms with Crippen molar-refractivity contribution >= 4 is 29.3 Å². The third kappa shape index (κ3) is 4.86. The minimum Gasteiger partial charge on any atom is -0.465 e. The molecule has 0 aliphatic carbocycles. The van der Waals surface area contributed by atoms with E-state index < -0.39 is 5.97 Å². The molecule has 2 aromatic carbocycles. The maximum Gasteiger partial charge on any atom is 0.337 e. The van der Waals surface area contributed by atoms with Crippen molar-refractivity contribution < 1.29 is 14.3 Å². The molecule has 0 aliphatic rings. The van der Waals surface area contributed by atoms with Gasteiger partial charge in [-0.25, -0.2) is 4.79 Å². The highest BCUT2D eigenvalue weighted by molar-refractivity contribution is 7.99. The summed E-state index contributed by atoms with van der Waals surface area (Å²) in [5.41, 5.74) is 3.14. The van der Waals surface area contributed by atoms with Crippen molar-refractivity contribution in [3.05, 3.63) is 65.2 Å². The molecule has 1 atom stereocenters. The molecule has 0 aliphatic heterocycles. The van der Waals surface area contributed by atoms with Crippen LogP contribution in [0, 0.1) is 6.92 Å². The fourth-order valence-corrected chi connectivity index (χ4v) is 2.95. The zero-order chi connectivity index (χ0) is 17.5. The predicted octanol–water partition coefficient (Wildman–Crippen LogP) is 4.04. The summed E-state index contributed by atoms with van der Waals surface area (Å²) in [6, 6.07) is 15.2. The van der Waals surface area contributed by atoms with Crippen molar-refractivity contribution in [3.8, 4) is 0 Å². The van der Waals surface area contributed by atoms with Crippen molar-refractivity contribution in [2.75, 3.05) is 12.4 Å². The van der Waals surface area contributed by atoms with Crippen molar-refractivity contribution in [2.45, 2.75) is 24.9 Å². The Morgan fingerprint density at radius 1 is 1.17 bits per heavy atom. The van der Waals surface area contributed by atoms with E-state index in [-0.39, 0.29) is 11.2 Å². The van der Waals surface area contributed by atoms with E-state index in [0.717, 1.165) is 11.3 Å². The van der Waals surface area contributed by atoms with Crippen LogP contribution >= 0.6 is 11.8 Å². The Hall–Kier alpha value is -2.27. The number of esters is 1. The summed E-state index contributed by atoms with van der Waals surface area (Å²) in [4.78, 5) is 24.0. The number of hydrogen-bond acceptors (Lipinski definition) is 4. The first-order valence-corrected chi connectivity index (χ1v) is 8.71. The maximum absolute atomic E-state index is 12.4. The fourth-order valence-electron chi connectivity index (χ4n) is 2.11. The lowest BCUT2D eigenvalue weighted by atomic mass is 10.1. The van der Waals surface area contributed by atoms with Gasteiger partial charge < -0.3 is 10.1 Å². The van der Waals surface area contributed by atoms with Crippen LogP contribution in [0.2, 0.25) is 0 Å². The van der Waals surface area contributed by atoms with Crippen LogP contribution in [0.25, 0.3) is 0 Å². The minimum absolute atomic E-state index is 0.0824. The number of ether oxygens (including phenoxy) is 1. The van der Waals surface area contributed by atoms with Crippen LogP contribution in [0.3, 0.4) is 0 Å². The fraction of sp³-hybridized carbons (Fsp3) is 0.263. The Morgan fingerprint density at radius 2 is 1.88 bits per heavy atom. The number of anilines is 1. The molecule has 0 spiro atoms. The number of carbonyl (C=O) groups excluding carboxylic acids is 2. The summed E-state index contributed by atoms with van der Waals surface area (Å²) in [6.07, 6.45) is 0. The number of aryl methyl sites for hydroxylation is 1. The molecule has 0 unspecified atom stereocenters. The van der Waals surface area contributed by atoms with E-state index in [2.05, 4.69) is 5.32 Å². The number of thioether (sulfide) groups is 1. The Morgan fingerprint density at radius 3 is 2.54 bits per heavy atom. The number of methoxy groups -OCH3 is 1. The Bertz CT molecular complexity index is 716. The monoisotopic (exact) mass is 343 g/mol. The Balaban J connectivity index is 1.99. The molecule has 126 valence electrons. The first-order valence-electron chi connectivity index (χ1n) is 7.66. The molecule has 0 heterocycles. The third-order valence-electron chi connectivity index (χ3n) is 3.63. The number of carbonyl (C=O) groups is 2. The van der Waals surface area contributed by atoms with E-state index in [1.165, 1.54) is 12.7 Å². The van der Waals surface area contributed by atoms with Crippen LogP contribution in [0.1, 0.15) is 28.4 Å². The molecule has 1 N–H and O–H groups in total. The minimum atomic E-state index is -0.419. The van der Waals surface area contributed by atoms with Crippen LogP contribution in [0.5, 0.6) is 0 Å². The average Bonchev–Trinajstić information content (AvgIpc) is 2.61. The van der Waals surface area contributed by atoms with Gasteiger partial charge in [-0.1, -0.05) is 36.4 Å². The molecule has 4 nitrogen and oxygen atoms in total. The SMILES string of the molecule is COC(=O)c1ccc(C)c(NC(=O)[C@@H](C)SCc2ccccc2)c1. The molecule has 2 aromatic rings. The van der Waals surface area contributed by atoms with Crippen molar-refractivity contribution in [1.82, 2.24) is 0 Å². The highest BCUT2D eigenvalue weighted by atomic mass is 32.2. The first kappa shape index (κ1) is 18.1. The summed E-state index contributed by atoms with van der Waals surface area (Å²) in [5, 5.41) is 2.70. The summed E-state index contributed by atoms with van der Waals surface area (Å²) in [5.74, 6) is 0.273. The van der Waals surface area contributed by atoms with E-state index in [9.17, 15) is 9.59 Å². The smallest absolute Gasteiger partial charge is 0.337 e. The summed E-state index contributed by atoms with van der Waals surface area (Å²) < 4.78 is 4.72. The largest absolute Gasteiger partial charge is 0.465 e. The van der Waals surface area contributed by atoms with Gasteiger partial charge in [0.1, 0.15) is 0 Å².